The van der Waals surface area contributed by atoms with E-state index >= 15 is 0 Å². The van der Waals surface area contributed by atoms with Gasteiger partial charge in [0.1, 0.15) is 0 Å². The molecule has 0 saturated heterocycles. The van der Waals surface area contributed by atoms with E-state index in [2.05, 4.69) is 32.9 Å². The van der Waals surface area contributed by atoms with E-state index < -0.39 is 30.1 Å². The number of ether oxygens (including phenoxy) is 1. The van der Waals surface area contributed by atoms with E-state index in [-0.39, 0.29) is 5.75 Å². The van der Waals surface area contributed by atoms with Crippen LogP contribution in [0.5, 0.6) is 11.5 Å². The summed E-state index contributed by atoms with van der Waals surface area (Å²) in [6.07, 6.45) is 3.10. The van der Waals surface area contributed by atoms with Gasteiger partial charge in [-0.15, -0.1) is 0 Å². The molecule has 190 valence electrons. The zero-order chi connectivity index (χ0) is 25.3. The van der Waals surface area contributed by atoms with Gasteiger partial charge in [0, 0.05) is 0 Å². The molecule has 0 unspecified atom stereocenters. The summed E-state index contributed by atoms with van der Waals surface area (Å²) in [5, 5.41) is 0. The average molecular weight is 609 g/mol. The van der Waals surface area contributed by atoms with Crippen molar-refractivity contribution in [1.82, 2.24) is 0 Å². The number of hydrogen-bond donors (Lipinski definition) is 0. The zero-order valence-corrected chi connectivity index (χ0v) is 24.8. The molecular formula is C29H37F3OSSn. The van der Waals surface area contributed by atoms with Gasteiger partial charge in [0.15, 0.2) is 0 Å². The number of unbranched alkanes of at least 4 members (excludes halogenated alkanes) is 3. The third-order valence-electron chi connectivity index (χ3n) is 6.72. The molecule has 0 aliphatic heterocycles. The second-order valence-electron chi connectivity index (χ2n) is 9.35. The molecular weight excluding hydrogens is 572 g/mol. The molecule has 1 aromatic heterocycles. The van der Waals surface area contributed by atoms with Crippen molar-refractivity contribution in [2.45, 2.75) is 78.8 Å². The fourth-order valence-electron chi connectivity index (χ4n) is 4.73. The van der Waals surface area contributed by atoms with Gasteiger partial charge in [-0.3, -0.25) is 0 Å². The van der Waals surface area contributed by atoms with E-state index in [9.17, 15) is 13.2 Å². The summed E-state index contributed by atoms with van der Waals surface area (Å²) in [5.41, 5.74) is 0.109. The van der Waals surface area contributed by atoms with Crippen molar-refractivity contribution in [3.63, 3.8) is 0 Å². The Bertz CT molecular complexity index is 1040. The predicted octanol–water partition coefficient (Wildman–Crippen LogP) is 10.3. The molecule has 0 aliphatic rings. The first-order chi connectivity index (χ1) is 16.8. The third-order valence-corrected chi connectivity index (χ3v) is 26.1. The molecule has 1 nitrogen and oxygen atoms in total. The standard InChI is InChI=1S/C17H10F3OS.3C4H9.Sn/c18-17(19,20)13-7-2-4-9-15(13)21-14-8-3-1-6-12(14)16-10-5-11-22-16;3*1-3-4-2;/h1-10H;3*1,3-4H2,2H3;. The van der Waals surface area contributed by atoms with E-state index in [0.717, 1.165) is 16.5 Å². The molecule has 0 fully saturated rings. The van der Waals surface area contributed by atoms with Crippen molar-refractivity contribution in [1.29, 1.82) is 0 Å². The minimum absolute atomic E-state index is 0.161. The Labute approximate surface area is 216 Å². The Morgan fingerprint density at radius 2 is 1.26 bits per heavy atom. The van der Waals surface area contributed by atoms with E-state index in [1.54, 1.807) is 15.0 Å². The summed E-state index contributed by atoms with van der Waals surface area (Å²) in [6.45, 7) is 6.84. The van der Waals surface area contributed by atoms with Crippen LogP contribution in [0.3, 0.4) is 0 Å². The van der Waals surface area contributed by atoms with Gasteiger partial charge in [-0.05, 0) is 0 Å². The van der Waals surface area contributed by atoms with E-state index in [1.807, 2.05) is 29.5 Å². The molecule has 6 heteroatoms. The van der Waals surface area contributed by atoms with Crippen LogP contribution in [-0.2, 0) is 6.18 Å². The molecule has 35 heavy (non-hydrogen) atoms. The summed E-state index contributed by atoms with van der Waals surface area (Å²) < 4.78 is 52.3. The molecule has 0 aliphatic carbocycles. The number of alkyl halides is 3. The molecule has 0 radical (unpaired) electrons. The SMILES string of the molecule is CCC[CH2][Sn]([CH2]CCC)([CH2]CCC)[c]1ccc(-c2ccccc2Oc2ccccc2C(F)(F)F)s1. The summed E-state index contributed by atoms with van der Waals surface area (Å²) in [5.74, 6) is 0.306. The summed E-state index contributed by atoms with van der Waals surface area (Å²) in [7, 11) is 0. The monoisotopic (exact) mass is 610 g/mol. The van der Waals surface area contributed by atoms with Crippen LogP contribution in [0.15, 0.2) is 60.7 Å². The molecule has 0 bridgehead atoms. The van der Waals surface area contributed by atoms with Crippen LogP contribution in [-0.4, -0.2) is 18.4 Å². The van der Waals surface area contributed by atoms with Crippen LogP contribution >= 0.6 is 11.3 Å². The Morgan fingerprint density at radius 1 is 0.714 bits per heavy atom. The Morgan fingerprint density at radius 3 is 1.83 bits per heavy atom. The van der Waals surface area contributed by atoms with Gasteiger partial charge in [0.05, 0.1) is 0 Å². The predicted molar refractivity (Wildman–Crippen MR) is 146 cm³/mol. The van der Waals surface area contributed by atoms with Crippen molar-refractivity contribution < 1.29 is 17.9 Å². The van der Waals surface area contributed by atoms with E-state index in [4.69, 9.17) is 4.74 Å². The third kappa shape index (κ3) is 7.28. The van der Waals surface area contributed by atoms with Gasteiger partial charge < -0.3 is 0 Å². The van der Waals surface area contributed by atoms with Crippen LogP contribution in [0.1, 0.15) is 64.9 Å². The average Bonchev–Trinajstić information content (AvgIpc) is 3.35. The summed E-state index contributed by atoms with van der Waals surface area (Å²) >= 11 is -0.702. The van der Waals surface area contributed by atoms with Crippen LogP contribution in [0.25, 0.3) is 10.4 Å². The fraction of sp³-hybridized carbons (Fsp3) is 0.448. The van der Waals surface area contributed by atoms with Crippen molar-refractivity contribution in [3.05, 3.63) is 66.2 Å². The van der Waals surface area contributed by atoms with Gasteiger partial charge in [0.2, 0.25) is 0 Å². The van der Waals surface area contributed by atoms with Gasteiger partial charge >= 0.3 is 217 Å². The second kappa shape index (κ2) is 13.2. The number of para-hydroxylation sites is 2. The van der Waals surface area contributed by atoms with Crippen LogP contribution in [0, 0.1) is 0 Å². The Hall–Kier alpha value is -1.47. The molecule has 3 aromatic rings. The van der Waals surface area contributed by atoms with Crippen LogP contribution < -0.4 is 7.63 Å². The number of thiophene rings is 1. The number of benzene rings is 2. The fourth-order valence-corrected chi connectivity index (χ4v) is 24.9. The van der Waals surface area contributed by atoms with E-state index in [0.29, 0.717) is 5.75 Å². The van der Waals surface area contributed by atoms with Gasteiger partial charge in [-0.2, -0.15) is 0 Å². The second-order valence-corrected chi connectivity index (χ2v) is 24.6. The summed E-state index contributed by atoms with van der Waals surface area (Å²) in [4.78, 5) is 1.09. The number of hydrogen-bond acceptors (Lipinski definition) is 2. The van der Waals surface area contributed by atoms with Crippen LogP contribution in [0.2, 0.25) is 13.3 Å². The molecule has 1 heterocycles. The molecule has 0 amide bonds. The van der Waals surface area contributed by atoms with Gasteiger partial charge in [0.25, 0.3) is 0 Å². The van der Waals surface area contributed by atoms with Crippen LogP contribution in [0.4, 0.5) is 13.2 Å². The maximum absolute atomic E-state index is 13.5. The molecule has 2 aromatic carbocycles. The summed E-state index contributed by atoms with van der Waals surface area (Å²) in [6, 6.07) is 17.4. The Balaban J connectivity index is 1.99. The van der Waals surface area contributed by atoms with E-state index in [1.165, 1.54) is 64.0 Å². The molecule has 3 rings (SSSR count). The molecule has 0 N–H and O–H groups in total. The van der Waals surface area contributed by atoms with Crippen molar-refractivity contribution in [2.75, 3.05) is 0 Å². The number of rotatable bonds is 13. The molecule has 0 saturated carbocycles. The first kappa shape index (κ1) is 28.1. The normalized spacial score (nSPS) is 12.2. The molecule has 0 atom stereocenters. The number of halogens is 3. The topological polar surface area (TPSA) is 9.23 Å². The maximum atomic E-state index is 13.5. The zero-order valence-electron chi connectivity index (χ0n) is 21.1. The van der Waals surface area contributed by atoms with Gasteiger partial charge in [-0.25, -0.2) is 0 Å². The van der Waals surface area contributed by atoms with Gasteiger partial charge in [-0.1, -0.05) is 0 Å². The Kier molecular flexibility index (Phi) is 10.6. The quantitative estimate of drug-likeness (QED) is 0.175. The van der Waals surface area contributed by atoms with Crippen molar-refractivity contribution >= 4 is 32.6 Å². The minimum atomic E-state index is -4.46. The first-order valence-electron chi connectivity index (χ1n) is 12.9. The van der Waals surface area contributed by atoms with Crippen molar-refractivity contribution in [2.24, 2.45) is 0 Å². The van der Waals surface area contributed by atoms with Crippen molar-refractivity contribution in [3.8, 4) is 21.9 Å². The first-order valence-corrected chi connectivity index (χ1v) is 21.2. The molecule has 0 spiro atoms.